The van der Waals surface area contributed by atoms with Crippen molar-refractivity contribution in [3.05, 3.63) is 75.6 Å². The lowest BCUT2D eigenvalue weighted by Crippen LogP contribution is -1.97. The minimum absolute atomic E-state index is 0.363. The van der Waals surface area contributed by atoms with E-state index in [-0.39, 0.29) is 5.63 Å². The lowest BCUT2D eigenvalue weighted by atomic mass is 10.2. The van der Waals surface area contributed by atoms with Crippen molar-refractivity contribution in [3.8, 4) is 5.75 Å². The molecule has 0 N–H and O–H groups in total. The minimum Gasteiger partial charge on any atom is -0.489 e. The third kappa shape index (κ3) is 2.68. The average molecular weight is 287 g/mol. The van der Waals surface area contributed by atoms with Crippen molar-refractivity contribution in [1.82, 2.24) is 0 Å². The molecule has 0 amide bonds. The number of hydrogen-bond acceptors (Lipinski definition) is 3. The van der Waals surface area contributed by atoms with E-state index < -0.39 is 0 Å². The molecular formula is C16H11ClO3. The summed E-state index contributed by atoms with van der Waals surface area (Å²) in [6, 6.07) is 16.0. The van der Waals surface area contributed by atoms with Gasteiger partial charge in [-0.3, -0.25) is 0 Å². The van der Waals surface area contributed by atoms with Gasteiger partial charge in [0.25, 0.3) is 0 Å². The van der Waals surface area contributed by atoms with Gasteiger partial charge in [-0.05, 0) is 24.3 Å². The lowest BCUT2D eigenvalue weighted by Gasteiger charge is -2.08. The number of fused-ring (bicyclic) bond motifs is 1. The molecule has 2 aromatic carbocycles. The first-order chi connectivity index (χ1) is 9.72. The highest BCUT2D eigenvalue weighted by atomic mass is 35.5. The van der Waals surface area contributed by atoms with Crippen LogP contribution >= 0.6 is 11.6 Å². The van der Waals surface area contributed by atoms with Crippen LogP contribution in [-0.2, 0) is 6.61 Å². The zero-order chi connectivity index (χ0) is 13.9. The topological polar surface area (TPSA) is 39.4 Å². The van der Waals surface area contributed by atoms with Crippen molar-refractivity contribution in [1.29, 1.82) is 0 Å². The van der Waals surface area contributed by atoms with Crippen LogP contribution in [-0.4, -0.2) is 0 Å². The van der Waals surface area contributed by atoms with Crippen molar-refractivity contribution in [2.24, 2.45) is 0 Å². The zero-order valence-electron chi connectivity index (χ0n) is 10.5. The van der Waals surface area contributed by atoms with Gasteiger partial charge in [0.15, 0.2) is 0 Å². The van der Waals surface area contributed by atoms with Crippen LogP contribution in [0.4, 0.5) is 0 Å². The summed E-state index contributed by atoms with van der Waals surface area (Å²) in [6.07, 6.45) is 0. The van der Waals surface area contributed by atoms with Crippen molar-refractivity contribution < 1.29 is 9.15 Å². The van der Waals surface area contributed by atoms with Crippen LogP contribution in [0.5, 0.6) is 5.75 Å². The Labute approximate surface area is 120 Å². The van der Waals surface area contributed by atoms with Gasteiger partial charge >= 0.3 is 5.63 Å². The molecule has 4 heteroatoms. The summed E-state index contributed by atoms with van der Waals surface area (Å²) in [6.45, 7) is 0.363. The lowest BCUT2D eigenvalue weighted by molar-refractivity contribution is 0.306. The van der Waals surface area contributed by atoms with E-state index in [2.05, 4.69) is 0 Å². The van der Waals surface area contributed by atoms with Crippen LogP contribution in [0.25, 0.3) is 11.0 Å². The van der Waals surface area contributed by atoms with Crippen LogP contribution in [0.15, 0.2) is 63.8 Å². The zero-order valence-corrected chi connectivity index (χ0v) is 11.3. The van der Waals surface area contributed by atoms with E-state index in [0.29, 0.717) is 23.0 Å². The van der Waals surface area contributed by atoms with Gasteiger partial charge < -0.3 is 9.15 Å². The SMILES string of the molecule is O=c1ccc2ccc(OCc3ccccc3Cl)cc2o1. The summed E-state index contributed by atoms with van der Waals surface area (Å²) in [5.74, 6) is 0.631. The normalized spacial score (nSPS) is 10.7. The monoisotopic (exact) mass is 286 g/mol. The van der Waals surface area contributed by atoms with Crippen molar-refractivity contribution in [2.45, 2.75) is 6.61 Å². The number of ether oxygens (including phenoxy) is 1. The van der Waals surface area contributed by atoms with Gasteiger partial charge in [0.1, 0.15) is 17.9 Å². The first kappa shape index (κ1) is 12.8. The highest BCUT2D eigenvalue weighted by molar-refractivity contribution is 6.31. The molecular weight excluding hydrogens is 276 g/mol. The summed E-state index contributed by atoms with van der Waals surface area (Å²) in [5, 5.41) is 1.52. The van der Waals surface area contributed by atoms with E-state index in [1.807, 2.05) is 36.4 Å². The second-order valence-corrected chi connectivity index (χ2v) is 4.74. The molecule has 3 rings (SSSR count). The first-order valence-corrected chi connectivity index (χ1v) is 6.50. The summed E-state index contributed by atoms with van der Waals surface area (Å²) in [7, 11) is 0. The average Bonchev–Trinajstić information content (AvgIpc) is 2.46. The van der Waals surface area contributed by atoms with E-state index in [0.717, 1.165) is 10.9 Å². The predicted molar refractivity (Wildman–Crippen MR) is 78.3 cm³/mol. The molecule has 0 atom stereocenters. The summed E-state index contributed by atoms with van der Waals surface area (Å²) < 4.78 is 10.8. The van der Waals surface area contributed by atoms with E-state index in [1.54, 1.807) is 12.1 Å². The van der Waals surface area contributed by atoms with Gasteiger partial charge in [-0.2, -0.15) is 0 Å². The summed E-state index contributed by atoms with van der Waals surface area (Å²) in [5.41, 5.74) is 1.04. The first-order valence-electron chi connectivity index (χ1n) is 6.12. The third-order valence-corrected chi connectivity index (χ3v) is 3.32. The summed E-state index contributed by atoms with van der Waals surface area (Å²) in [4.78, 5) is 11.2. The van der Waals surface area contributed by atoms with Gasteiger partial charge in [-0.1, -0.05) is 29.8 Å². The molecule has 1 heterocycles. The van der Waals surface area contributed by atoms with Gasteiger partial charge in [0.2, 0.25) is 0 Å². The number of benzene rings is 2. The molecule has 0 aliphatic carbocycles. The van der Waals surface area contributed by atoms with Gasteiger partial charge in [0.05, 0.1) is 0 Å². The summed E-state index contributed by atoms with van der Waals surface area (Å²) >= 11 is 6.07. The molecule has 0 radical (unpaired) electrons. The predicted octanol–water partition coefficient (Wildman–Crippen LogP) is 4.03. The molecule has 3 aromatic rings. The smallest absolute Gasteiger partial charge is 0.336 e. The maximum Gasteiger partial charge on any atom is 0.336 e. The molecule has 1 aromatic heterocycles. The molecule has 20 heavy (non-hydrogen) atoms. The Bertz CT molecular complexity index is 808. The standard InChI is InChI=1S/C16H11ClO3/c17-14-4-2-1-3-12(14)10-19-13-7-5-11-6-8-16(18)20-15(11)9-13/h1-9H,10H2. The Balaban J connectivity index is 1.84. The molecule has 0 fully saturated rings. The van der Waals surface area contributed by atoms with Crippen molar-refractivity contribution in [3.63, 3.8) is 0 Å². The minimum atomic E-state index is -0.374. The quantitative estimate of drug-likeness (QED) is 0.683. The Morgan fingerprint density at radius 3 is 2.70 bits per heavy atom. The third-order valence-electron chi connectivity index (χ3n) is 2.95. The number of hydrogen-bond donors (Lipinski definition) is 0. The van der Waals surface area contributed by atoms with Crippen LogP contribution < -0.4 is 10.4 Å². The van der Waals surface area contributed by atoms with Gasteiger partial charge in [-0.15, -0.1) is 0 Å². The van der Waals surface area contributed by atoms with Crippen LogP contribution in [0.2, 0.25) is 5.02 Å². The highest BCUT2D eigenvalue weighted by Crippen LogP contribution is 2.22. The molecule has 0 bridgehead atoms. The Morgan fingerprint density at radius 2 is 1.85 bits per heavy atom. The maximum atomic E-state index is 11.2. The van der Waals surface area contributed by atoms with Crippen molar-refractivity contribution in [2.75, 3.05) is 0 Å². The second kappa shape index (κ2) is 5.39. The fourth-order valence-corrected chi connectivity index (χ4v) is 2.10. The van der Waals surface area contributed by atoms with E-state index in [4.69, 9.17) is 20.8 Å². The van der Waals surface area contributed by atoms with E-state index in [1.165, 1.54) is 6.07 Å². The molecule has 0 unspecified atom stereocenters. The number of halogens is 1. The molecule has 0 aliphatic rings. The van der Waals surface area contributed by atoms with Crippen LogP contribution in [0.1, 0.15) is 5.56 Å². The second-order valence-electron chi connectivity index (χ2n) is 4.33. The fraction of sp³-hybridized carbons (Fsp3) is 0.0625. The molecule has 0 saturated carbocycles. The molecule has 0 spiro atoms. The van der Waals surface area contributed by atoms with Crippen LogP contribution in [0, 0.1) is 0 Å². The Morgan fingerprint density at radius 1 is 1.05 bits per heavy atom. The maximum absolute atomic E-state index is 11.2. The Kier molecular flexibility index (Phi) is 3.44. The largest absolute Gasteiger partial charge is 0.489 e. The van der Waals surface area contributed by atoms with E-state index >= 15 is 0 Å². The van der Waals surface area contributed by atoms with Gasteiger partial charge in [-0.25, -0.2) is 4.79 Å². The highest BCUT2D eigenvalue weighted by Gasteiger charge is 2.03. The molecule has 0 aliphatic heterocycles. The number of rotatable bonds is 3. The van der Waals surface area contributed by atoms with E-state index in [9.17, 15) is 4.79 Å². The molecule has 100 valence electrons. The van der Waals surface area contributed by atoms with Crippen LogP contribution in [0.3, 0.4) is 0 Å². The fourth-order valence-electron chi connectivity index (χ4n) is 1.91. The molecule has 0 saturated heterocycles. The Hall–Kier alpha value is -2.26. The molecule has 3 nitrogen and oxygen atoms in total. The van der Waals surface area contributed by atoms with Gasteiger partial charge in [0, 0.05) is 28.1 Å². The van der Waals surface area contributed by atoms with Crippen molar-refractivity contribution >= 4 is 22.6 Å².